The van der Waals surface area contributed by atoms with Crippen molar-refractivity contribution in [2.45, 2.75) is 38.1 Å². The van der Waals surface area contributed by atoms with Gasteiger partial charge in [-0.2, -0.15) is 13.9 Å². The summed E-state index contributed by atoms with van der Waals surface area (Å²) in [4.78, 5) is 30.4. The molecule has 42 heavy (non-hydrogen) atoms. The number of pyridine rings is 2. The average Bonchev–Trinajstić information content (AvgIpc) is 3.69. The summed E-state index contributed by atoms with van der Waals surface area (Å²) in [5.74, 6) is -4.35. The molecular formula is C27H25ClF3N7O3S. The zero-order valence-corrected chi connectivity index (χ0v) is 24.0. The van der Waals surface area contributed by atoms with E-state index >= 15 is 8.78 Å². The van der Waals surface area contributed by atoms with Crippen molar-refractivity contribution >= 4 is 39.6 Å². The van der Waals surface area contributed by atoms with E-state index in [1.165, 1.54) is 27.2 Å². The Balaban J connectivity index is 1.20. The van der Waals surface area contributed by atoms with E-state index in [1.807, 2.05) is 6.92 Å². The van der Waals surface area contributed by atoms with Crippen LogP contribution in [0.5, 0.6) is 5.75 Å². The topological polar surface area (TPSA) is 98.0 Å². The average molecular weight is 620 g/mol. The van der Waals surface area contributed by atoms with Crippen molar-refractivity contribution in [1.29, 1.82) is 0 Å². The van der Waals surface area contributed by atoms with Gasteiger partial charge in [0, 0.05) is 32.3 Å². The number of fused-ring (bicyclic) bond motifs is 3. The van der Waals surface area contributed by atoms with Crippen LogP contribution in [0.3, 0.4) is 0 Å². The number of anilines is 1. The molecule has 0 bridgehead atoms. The SMILES string of the molecule is Cc1nn2c3c(nc2s1)CCN(C(=O)COc1c(Cl)nc(N2CCOCC2)c(F)c1F)C3c1ncc(C2CC2)cc1F. The highest BCUT2D eigenvalue weighted by atomic mass is 35.5. The standard InChI is InChI=1S/C27H25ClF3N7O3S/c1-13-35-38-22-17(33-27(38)42-13)4-5-37(23(22)21-16(29)10-15(11-32-21)14-2-3-14)18(39)12-41-24-19(30)20(31)26(34-25(24)28)36-6-8-40-9-7-36/h10-11,14,23H,2-9,12H2,1H3. The summed E-state index contributed by atoms with van der Waals surface area (Å²) in [5.41, 5.74) is 2.09. The summed E-state index contributed by atoms with van der Waals surface area (Å²) in [6.45, 7) is 2.64. The second-order valence-corrected chi connectivity index (χ2v) is 12.0. The van der Waals surface area contributed by atoms with E-state index in [1.54, 1.807) is 10.7 Å². The van der Waals surface area contributed by atoms with Crippen molar-refractivity contribution in [3.8, 4) is 5.75 Å². The Morgan fingerprint density at radius 1 is 1.17 bits per heavy atom. The van der Waals surface area contributed by atoms with Crippen LogP contribution in [-0.2, 0) is 16.0 Å². The van der Waals surface area contributed by atoms with Crippen LogP contribution in [0.1, 0.15) is 52.5 Å². The molecule has 4 aromatic heterocycles. The second-order valence-electron chi connectivity index (χ2n) is 10.5. The molecular weight excluding hydrogens is 595 g/mol. The van der Waals surface area contributed by atoms with Crippen molar-refractivity contribution in [1.82, 2.24) is 29.5 Å². The smallest absolute Gasteiger partial charge is 0.261 e. The molecule has 15 heteroatoms. The van der Waals surface area contributed by atoms with Gasteiger partial charge in [-0.15, -0.1) is 0 Å². The van der Waals surface area contributed by atoms with Gasteiger partial charge in [-0.05, 0) is 37.3 Å². The Morgan fingerprint density at radius 3 is 2.69 bits per heavy atom. The van der Waals surface area contributed by atoms with Crippen molar-refractivity contribution in [3.05, 3.63) is 62.5 Å². The third kappa shape index (κ3) is 4.74. The lowest BCUT2D eigenvalue weighted by atomic mass is 9.98. The minimum Gasteiger partial charge on any atom is -0.477 e. The molecule has 10 nitrogen and oxygen atoms in total. The summed E-state index contributed by atoms with van der Waals surface area (Å²) < 4.78 is 58.1. The zero-order chi connectivity index (χ0) is 29.1. The molecule has 1 atom stereocenters. The van der Waals surface area contributed by atoms with E-state index in [4.69, 9.17) is 21.1 Å². The molecule has 7 rings (SSSR count). The molecule has 2 fully saturated rings. The number of hydrogen-bond donors (Lipinski definition) is 0. The van der Waals surface area contributed by atoms with Gasteiger partial charge in [-0.1, -0.05) is 22.9 Å². The second kappa shape index (κ2) is 10.7. The number of carbonyl (C=O) groups excluding carboxylic acids is 1. The third-order valence-electron chi connectivity index (χ3n) is 7.72. The van der Waals surface area contributed by atoms with E-state index in [-0.39, 0.29) is 18.1 Å². The third-order valence-corrected chi connectivity index (χ3v) is 8.80. The molecule has 0 aromatic carbocycles. The first-order valence-electron chi connectivity index (χ1n) is 13.6. The summed E-state index contributed by atoms with van der Waals surface area (Å²) >= 11 is 7.59. The Hall–Kier alpha value is -3.49. The molecule has 220 valence electrons. The first-order chi connectivity index (χ1) is 20.3. The number of nitrogens with zero attached hydrogens (tertiary/aromatic N) is 7. The molecule has 0 spiro atoms. The van der Waals surface area contributed by atoms with Crippen molar-refractivity contribution in [2.24, 2.45) is 0 Å². The minimum absolute atomic E-state index is 0.0490. The number of amides is 1. The van der Waals surface area contributed by atoms with Gasteiger partial charge in [-0.25, -0.2) is 18.9 Å². The van der Waals surface area contributed by atoms with E-state index < -0.39 is 46.9 Å². The Bertz CT molecular complexity index is 1710. The number of aromatic nitrogens is 5. The maximum Gasteiger partial charge on any atom is 0.261 e. The number of aryl methyl sites for hydroxylation is 1. The largest absolute Gasteiger partial charge is 0.477 e. The van der Waals surface area contributed by atoms with Crippen LogP contribution in [0.15, 0.2) is 12.3 Å². The predicted molar refractivity (Wildman–Crippen MR) is 147 cm³/mol. The van der Waals surface area contributed by atoms with E-state index in [0.29, 0.717) is 55.0 Å². The van der Waals surface area contributed by atoms with Crippen LogP contribution >= 0.6 is 22.9 Å². The predicted octanol–water partition coefficient (Wildman–Crippen LogP) is 4.23. The van der Waals surface area contributed by atoms with Gasteiger partial charge in [0.2, 0.25) is 16.6 Å². The summed E-state index contributed by atoms with van der Waals surface area (Å²) in [6, 6.07) is 0.505. The lowest BCUT2D eigenvalue weighted by Crippen LogP contribution is -2.44. The number of carbonyl (C=O) groups is 1. The quantitative estimate of drug-likeness (QED) is 0.296. The van der Waals surface area contributed by atoms with Crippen LogP contribution in [0, 0.1) is 24.4 Å². The van der Waals surface area contributed by atoms with Gasteiger partial charge < -0.3 is 19.3 Å². The van der Waals surface area contributed by atoms with Crippen molar-refractivity contribution < 1.29 is 27.4 Å². The maximum absolute atomic E-state index is 15.6. The van der Waals surface area contributed by atoms with Crippen LogP contribution in [-0.4, -0.2) is 74.8 Å². The molecule has 1 aliphatic carbocycles. The monoisotopic (exact) mass is 619 g/mol. The van der Waals surface area contributed by atoms with Gasteiger partial charge in [-0.3, -0.25) is 9.78 Å². The van der Waals surface area contributed by atoms with Crippen LogP contribution in [0.25, 0.3) is 4.96 Å². The lowest BCUT2D eigenvalue weighted by Gasteiger charge is -2.35. The highest BCUT2D eigenvalue weighted by molar-refractivity contribution is 7.16. The molecule has 6 heterocycles. The summed E-state index contributed by atoms with van der Waals surface area (Å²) in [6.07, 6.45) is 4.00. The highest BCUT2D eigenvalue weighted by Crippen LogP contribution is 2.42. The van der Waals surface area contributed by atoms with E-state index in [9.17, 15) is 9.18 Å². The van der Waals surface area contributed by atoms with Crippen LogP contribution in [0.4, 0.5) is 19.0 Å². The summed E-state index contributed by atoms with van der Waals surface area (Å²) in [5, 5.41) is 4.88. The van der Waals surface area contributed by atoms with Gasteiger partial charge in [0.15, 0.2) is 23.3 Å². The molecule has 2 aliphatic heterocycles. The Kier molecular flexibility index (Phi) is 6.94. The first kappa shape index (κ1) is 27.3. The fourth-order valence-electron chi connectivity index (χ4n) is 5.52. The Labute approximate surface area is 247 Å². The molecule has 1 unspecified atom stereocenters. The van der Waals surface area contributed by atoms with Crippen LogP contribution < -0.4 is 9.64 Å². The number of rotatable bonds is 6. The van der Waals surface area contributed by atoms with Crippen LogP contribution in [0.2, 0.25) is 5.15 Å². The molecule has 3 aliphatic rings. The normalized spacial score (nSPS) is 18.9. The minimum atomic E-state index is -1.35. The number of halogens is 4. The zero-order valence-electron chi connectivity index (χ0n) is 22.4. The molecule has 1 saturated carbocycles. The van der Waals surface area contributed by atoms with Gasteiger partial charge in [0.05, 0.1) is 24.6 Å². The molecule has 1 saturated heterocycles. The van der Waals surface area contributed by atoms with Crippen molar-refractivity contribution in [3.63, 3.8) is 0 Å². The lowest BCUT2D eigenvalue weighted by molar-refractivity contribution is -0.135. The number of imidazole rings is 1. The fourth-order valence-corrected chi connectivity index (χ4v) is 6.50. The summed E-state index contributed by atoms with van der Waals surface area (Å²) in [7, 11) is 0. The number of morpholine rings is 1. The number of ether oxygens (including phenoxy) is 2. The molecule has 4 aromatic rings. The van der Waals surface area contributed by atoms with Gasteiger partial charge >= 0.3 is 0 Å². The first-order valence-corrected chi connectivity index (χ1v) is 14.8. The fraction of sp³-hybridized carbons (Fsp3) is 0.444. The molecule has 0 radical (unpaired) electrons. The van der Waals surface area contributed by atoms with E-state index in [0.717, 1.165) is 23.4 Å². The molecule has 0 N–H and O–H groups in total. The van der Waals surface area contributed by atoms with Gasteiger partial charge in [0.1, 0.15) is 22.6 Å². The number of hydrogen-bond acceptors (Lipinski definition) is 9. The molecule has 1 amide bonds. The maximum atomic E-state index is 15.6. The van der Waals surface area contributed by atoms with Gasteiger partial charge in [0.25, 0.3) is 5.91 Å². The Morgan fingerprint density at radius 2 is 1.95 bits per heavy atom. The highest BCUT2D eigenvalue weighted by Gasteiger charge is 2.40. The van der Waals surface area contributed by atoms with Crippen molar-refractivity contribution in [2.75, 3.05) is 44.4 Å². The van der Waals surface area contributed by atoms with E-state index in [2.05, 4.69) is 20.1 Å².